The molecule has 1 aromatic heterocycles. The summed E-state index contributed by atoms with van der Waals surface area (Å²) in [5.41, 5.74) is 2.69. The summed E-state index contributed by atoms with van der Waals surface area (Å²) in [6.07, 6.45) is 5.24. The Labute approximate surface area is 133 Å². The monoisotopic (exact) mass is 351 g/mol. The number of aromatic nitrogens is 2. The highest BCUT2D eigenvalue weighted by Gasteiger charge is 2.16. The average Bonchev–Trinajstić information content (AvgIpc) is 2.49. The predicted octanol–water partition coefficient (Wildman–Crippen LogP) is 3.97. The van der Waals surface area contributed by atoms with Crippen molar-refractivity contribution in [3.63, 3.8) is 0 Å². The van der Waals surface area contributed by atoms with Gasteiger partial charge in [0.15, 0.2) is 0 Å². The molecule has 0 radical (unpaired) electrons. The second kappa shape index (κ2) is 7.61. The molecule has 0 saturated carbocycles. The minimum absolute atomic E-state index is 0.0242. The molecule has 1 unspecified atom stereocenters. The lowest BCUT2D eigenvalue weighted by atomic mass is 10.0. The molecule has 1 atom stereocenters. The zero-order valence-corrected chi connectivity index (χ0v) is 13.8. The van der Waals surface area contributed by atoms with Crippen LogP contribution in [0.5, 0.6) is 0 Å². The van der Waals surface area contributed by atoms with Crippen molar-refractivity contribution >= 4 is 15.9 Å². The largest absolute Gasteiger partial charge is 0.308 e. The van der Waals surface area contributed by atoms with Gasteiger partial charge in [-0.3, -0.25) is 9.97 Å². The van der Waals surface area contributed by atoms with Gasteiger partial charge in [-0.25, -0.2) is 4.39 Å². The third kappa shape index (κ3) is 4.32. The van der Waals surface area contributed by atoms with Crippen LogP contribution in [0.2, 0.25) is 0 Å². The van der Waals surface area contributed by atoms with E-state index in [-0.39, 0.29) is 11.9 Å². The van der Waals surface area contributed by atoms with Gasteiger partial charge in [0.25, 0.3) is 0 Å². The average molecular weight is 352 g/mol. The second-order valence-electron chi connectivity index (χ2n) is 5.01. The number of hydrogen-bond donors (Lipinski definition) is 1. The van der Waals surface area contributed by atoms with E-state index >= 15 is 0 Å². The summed E-state index contributed by atoms with van der Waals surface area (Å²) in [6, 6.07) is 5.13. The first-order valence-corrected chi connectivity index (χ1v) is 7.86. The number of benzene rings is 1. The summed E-state index contributed by atoms with van der Waals surface area (Å²) in [7, 11) is 0. The molecule has 0 aliphatic carbocycles. The first-order valence-electron chi connectivity index (χ1n) is 7.06. The highest BCUT2D eigenvalue weighted by atomic mass is 79.9. The third-order valence-corrected chi connectivity index (χ3v) is 4.14. The van der Waals surface area contributed by atoms with Gasteiger partial charge in [0.1, 0.15) is 5.82 Å². The molecule has 0 aliphatic heterocycles. The van der Waals surface area contributed by atoms with Crippen LogP contribution in [0.4, 0.5) is 4.39 Å². The lowest BCUT2D eigenvalue weighted by Crippen LogP contribution is -2.25. The highest BCUT2D eigenvalue weighted by molar-refractivity contribution is 9.10. The molecule has 0 amide bonds. The van der Waals surface area contributed by atoms with Crippen LogP contribution in [0, 0.1) is 12.7 Å². The Kier molecular flexibility index (Phi) is 5.82. The van der Waals surface area contributed by atoms with Crippen molar-refractivity contribution in [2.24, 2.45) is 0 Å². The van der Waals surface area contributed by atoms with E-state index in [1.807, 2.05) is 13.0 Å². The van der Waals surface area contributed by atoms with Gasteiger partial charge >= 0.3 is 0 Å². The van der Waals surface area contributed by atoms with Gasteiger partial charge in [-0.15, -0.1) is 0 Å². The Morgan fingerprint density at radius 2 is 2.10 bits per heavy atom. The molecule has 1 N–H and O–H groups in total. The van der Waals surface area contributed by atoms with E-state index < -0.39 is 0 Å². The van der Waals surface area contributed by atoms with E-state index in [0.717, 1.165) is 29.9 Å². The van der Waals surface area contributed by atoms with Crippen molar-refractivity contribution in [1.29, 1.82) is 0 Å². The molecule has 2 rings (SSSR count). The first-order chi connectivity index (χ1) is 10.1. The van der Waals surface area contributed by atoms with E-state index in [1.54, 1.807) is 18.5 Å². The molecule has 1 heterocycles. The Morgan fingerprint density at radius 1 is 1.29 bits per heavy atom. The number of rotatable bonds is 6. The van der Waals surface area contributed by atoms with Crippen molar-refractivity contribution in [1.82, 2.24) is 15.3 Å². The van der Waals surface area contributed by atoms with E-state index in [2.05, 4.69) is 38.1 Å². The molecule has 112 valence electrons. The maximum atomic E-state index is 13.6. The topological polar surface area (TPSA) is 37.8 Å². The summed E-state index contributed by atoms with van der Waals surface area (Å²) >= 11 is 3.32. The van der Waals surface area contributed by atoms with Gasteiger partial charge in [0, 0.05) is 6.20 Å². The molecule has 21 heavy (non-hydrogen) atoms. The fourth-order valence-corrected chi connectivity index (χ4v) is 2.53. The maximum Gasteiger partial charge on any atom is 0.137 e. The quantitative estimate of drug-likeness (QED) is 0.855. The third-order valence-electron chi connectivity index (χ3n) is 3.25. The minimum atomic E-state index is -0.239. The standard InChI is InChI=1S/C16H19BrFN3/c1-3-7-19-14(15-10-20-11(2)9-21-15)8-12-5-4-6-13(18)16(12)17/h4-6,9-10,14,19H,3,7-8H2,1-2H3. The Hall–Kier alpha value is -1.33. The number of nitrogens with one attached hydrogen (secondary N) is 1. The SMILES string of the molecule is CCCNC(Cc1cccc(F)c1Br)c1cnc(C)cn1. The minimum Gasteiger partial charge on any atom is -0.308 e. The lowest BCUT2D eigenvalue weighted by molar-refractivity contribution is 0.512. The normalized spacial score (nSPS) is 12.4. The Balaban J connectivity index is 2.23. The molecular weight excluding hydrogens is 333 g/mol. The van der Waals surface area contributed by atoms with Crippen molar-refractivity contribution in [2.75, 3.05) is 6.54 Å². The summed E-state index contributed by atoms with van der Waals surface area (Å²) in [5.74, 6) is -0.239. The number of hydrogen-bond acceptors (Lipinski definition) is 3. The van der Waals surface area contributed by atoms with Crippen molar-refractivity contribution in [3.8, 4) is 0 Å². The maximum absolute atomic E-state index is 13.6. The molecule has 0 bridgehead atoms. The molecule has 0 aliphatic rings. The fourth-order valence-electron chi connectivity index (χ4n) is 2.11. The van der Waals surface area contributed by atoms with Gasteiger partial charge < -0.3 is 5.32 Å². The van der Waals surface area contributed by atoms with Gasteiger partial charge in [0.05, 0.1) is 28.1 Å². The molecule has 0 fully saturated rings. The van der Waals surface area contributed by atoms with Crippen molar-refractivity contribution < 1.29 is 4.39 Å². The smallest absolute Gasteiger partial charge is 0.137 e. The Morgan fingerprint density at radius 3 is 2.76 bits per heavy atom. The van der Waals surface area contributed by atoms with Gasteiger partial charge in [-0.05, 0) is 53.9 Å². The summed E-state index contributed by atoms with van der Waals surface area (Å²) in [4.78, 5) is 8.75. The van der Waals surface area contributed by atoms with Crippen molar-refractivity contribution in [3.05, 3.63) is 57.8 Å². The lowest BCUT2D eigenvalue weighted by Gasteiger charge is -2.19. The van der Waals surface area contributed by atoms with Crippen LogP contribution in [0.3, 0.4) is 0 Å². The van der Waals surface area contributed by atoms with Crippen LogP contribution in [-0.2, 0) is 6.42 Å². The summed E-state index contributed by atoms with van der Waals surface area (Å²) in [6.45, 7) is 4.91. The van der Waals surface area contributed by atoms with E-state index in [0.29, 0.717) is 10.9 Å². The van der Waals surface area contributed by atoms with Crippen LogP contribution in [0.1, 0.15) is 36.3 Å². The molecule has 5 heteroatoms. The number of aryl methyl sites for hydroxylation is 1. The Bertz CT molecular complexity index is 587. The van der Waals surface area contributed by atoms with Crippen LogP contribution >= 0.6 is 15.9 Å². The highest BCUT2D eigenvalue weighted by Crippen LogP contribution is 2.25. The second-order valence-corrected chi connectivity index (χ2v) is 5.80. The molecule has 0 saturated heterocycles. The zero-order chi connectivity index (χ0) is 15.2. The number of nitrogens with zero attached hydrogens (tertiary/aromatic N) is 2. The van der Waals surface area contributed by atoms with Gasteiger partial charge in [-0.2, -0.15) is 0 Å². The summed E-state index contributed by atoms with van der Waals surface area (Å²) < 4.78 is 14.2. The van der Waals surface area contributed by atoms with Crippen LogP contribution in [0.25, 0.3) is 0 Å². The molecule has 0 spiro atoms. The molecular formula is C16H19BrFN3. The van der Waals surface area contributed by atoms with E-state index in [9.17, 15) is 4.39 Å². The van der Waals surface area contributed by atoms with E-state index in [1.165, 1.54) is 6.07 Å². The van der Waals surface area contributed by atoms with Gasteiger partial charge in [-0.1, -0.05) is 19.1 Å². The zero-order valence-electron chi connectivity index (χ0n) is 12.2. The molecule has 1 aromatic carbocycles. The van der Waals surface area contributed by atoms with E-state index in [4.69, 9.17) is 0 Å². The summed E-state index contributed by atoms with van der Waals surface area (Å²) in [5, 5.41) is 3.45. The number of halogens is 2. The van der Waals surface area contributed by atoms with Crippen LogP contribution < -0.4 is 5.32 Å². The van der Waals surface area contributed by atoms with Crippen LogP contribution in [-0.4, -0.2) is 16.5 Å². The first kappa shape index (κ1) is 16.0. The molecule has 2 aromatic rings. The fraction of sp³-hybridized carbons (Fsp3) is 0.375. The van der Waals surface area contributed by atoms with Crippen molar-refractivity contribution in [2.45, 2.75) is 32.7 Å². The molecule has 3 nitrogen and oxygen atoms in total. The predicted molar refractivity (Wildman–Crippen MR) is 85.6 cm³/mol. The van der Waals surface area contributed by atoms with Crippen LogP contribution in [0.15, 0.2) is 35.1 Å². The van der Waals surface area contributed by atoms with Gasteiger partial charge in [0.2, 0.25) is 0 Å².